The quantitative estimate of drug-likeness (QED) is 0.656. The van der Waals surface area contributed by atoms with Gasteiger partial charge in [0, 0.05) is 30.7 Å². The van der Waals surface area contributed by atoms with Crippen LogP contribution in [-0.2, 0) is 10.5 Å². The zero-order valence-corrected chi connectivity index (χ0v) is 14.0. The summed E-state index contributed by atoms with van der Waals surface area (Å²) in [7, 11) is 0. The first-order valence-electron chi connectivity index (χ1n) is 7.33. The Labute approximate surface area is 134 Å². The van der Waals surface area contributed by atoms with E-state index in [9.17, 15) is 9.59 Å². The molecular formula is C17H21NO3S. The zero-order valence-electron chi connectivity index (χ0n) is 13.2. The van der Waals surface area contributed by atoms with Crippen LogP contribution >= 0.6 is 11.8 Å². The van der Waals surface area contributed by atoms with Gasteiger partial charge in [0.25, 0.3) is 0 Å². The highest BCUT2D eigenvalue weighted by Crippen LogP contribution is 2.24. The number of thioether (sulfide) groups is 1. The maximum absolute atomic E-state index is 11.7. The Morgan fingerprint density at radius 3 is 2.68 bits per heavy atom. The zero-order chi connectivity index (χ0) is 16.1. The Morgan fingerprint density at radius 2 is 1.95 bits per heavy atom. The van der Waals surface area contributed by atoms with Gasteiger partial charge in [-0.05, 0) is 54.8 Å². The third-order valence-corrected chi connectivity index (χ3v) is 4.63. The van der Waals surface area contributed by atoms with Crippen molar-refractivity contribution in [1.29, 1.82) is 0 Å². The second kappa shape index (κ2) is 7.49. The summed E-state index contributed by atoms with van der Waals surface area (Å²) in [6.45, 7) is 6.29. The van der Waals surface area contributed by atoms with E-state index in [2.05, 4.69) is 18.3 Å². The van der Waals surface area contributed by atoms with E-state index in [1.807, 2.05) is 13.0 Å². The maximum atomic E-state index is 11.7. The van der Waals surface area contributed by atoms with Crippen molar-refractivity contribution in [2.24, 2.45) is 0 Å². The third-order valence-electron chi connectivity index (χ3n) is 3.54. The fourth-order valence-corrected chi connectivity index (χ4v) is 3.17. The second-order valence-electron chi connectivity index (χ2n) is 5.41. The van der Waals surface area contributed by atoms with Gasteiger partial charge in [-0.1, -0.05) is 0 Å². The Bertz CT molecular complexity index is 736. The van der Waals surface area contributed by atoms with Crippen molar-refractivity contribution in [2.45, 2.75) is 32.9 Å². The van der Waals surface area contributed by atoms with E-state index in [-0.39, 0.29) is 11.5 Å². The van der Waals surface area contributed by atoms with Crippen LogP contribution in [0.15, 0.2) is 27.4 Å². The number of nitrogens with one attached hydrogen (secondary N) is 1. The lowest BCUT2D eigenvalue weighted by Gasteiger charge is -2.08. The number of hydrogen-bond acceptors (Lipinski definition) is 4. The molecule has 0 aliphatic rings. The van der Waals surface area contributed by atoms with E-state index in [1.165, 1.54) is 12.5 Å². The molecule has 0 unspecified atom stereocenters. The SMILES string of the molecule is CC(=O)NCCCSCc1cc(=O)oc2cc(C)c(C)cc12. The van der Waals surface area contributed by atoms with Crippen molar-refractivity contribution in [2.75, 3.05) is 12.3 Å². The van der Waals surface area contributed by atoms with E-state index in [1.54, 1.807) is 17.8 Å². The van der Waals surface area contributed by atoms with Crippen molar-refractivity contribution in [3.05, 3.63) is 45.3 Å². The van der Waals surface area contributed by atoms with E-state index >= 15 is 0 Å². The number of carbonyl (C=O) groups excluding carboxylic acids is 1. The van der Waals surface area contributed by atoms with Gasteiger partial charge in [0.05, 0.1) is 0 Å². The number of benzene rings is 1. The number of aryl methyl sites for hydroxylation is 2. The first kappa shape index (κ1) is 16.6. The Balaban J connectivity index is 2.06. The van der Waals surface area contributed by atoms with Crippen LogP contribution in [0.3, 0.4) is 0 Å². The third kappa shape index (κ3) is 4.37. The fourth-order valence-electron chi connectivity index (χ4n) is 2.22. The molecule has 1 aromatic heterocycles. The Kier molecular flexibility index (Phi) is 5.66. The standard InChI is InChI=1S/C17H21NO3S/c1-11-7-15-14(10-22-6-4-5-18-13(3)19)9-17(20)21-16(15)8-12(11)2/h7-9H,4-6,10H2,1-3H3,(H,18,19). The van der Waals surface area contributed by atoms with Crippen LogP contribution in [0.25, 0.3) is 11.0 Å². The molecule has 4 nitrogen and oxygen atoms in total. The number of hydrogen-bond donors (Lipinski definition) is 1. The average Bonchev–Trinajstić information content (AvgIpc) is 2.44. The lowest BCUT2D eigenvalue weighted by atomic mass is 10.0. The largest absolute Gasteiger partial charge is 0.423 e. The molecule has 0 radical (unpaired) electrons. The van der Waals surface area contributed by atoms with Crippen molar-refractivity contribution in [1.82, 2.24) is 5.32 Å². The minimum absolute atomic E-state index is 0.00232. The van der Waals surface area contributed by atoms with E-state index < -0.39 is 0 Å². The van der Waals surface area contributed by atoms with Gasteiger partial charge in [-0.25, -0.2) is 4.79 Å². The highest BCUT2D eigenvalue weighted by molar-refractivity contribution is 7.98. The summed E-state index contributed by atoms with van der Waals surface area (Å²) in [5.74, 6) is 1.71. The lowest BCUT2D eigenvalue weighted by Crippen LogP contribution is -2.21. The molecule has 118 valence electrons. The topological polar surface area (TPSA) is 59.3 Å². The molecule has 1 aromatic carbocycles. The molecule has 2 aromatic rings. The van der Waals surface area contributed by atoms with E-state index in [4.69, 9.17) is 4.42 Å². The molecule has 1 N–H and O–H groups in total. The van der Waals surface area contributed by atoms with Crippen LogP contribution in [0.1, 0.15) is 30.0 Å². The highest BCUT2D eigenvalue weighted by Gasteiger charge is 2.07. The van der Waals surface area contributed by atoms with Gasteiger partial charge in [0.15, 0.2) is 0 Å². The molecule has 0 saturated heterocycles. The number of fused-ring (bicyclic) bond motifs is 1. The first-order valence-corrected chi connectivity index (χ1v) is 8.49. The normalized spacial score (nSPS) is 10.9. The van der Waals surface area contributed by atoms with Gasteiger partial charge in [0.2, 0.25) is 5.91 Å². The van der Waals surface area contributed by atoms with Crippen LogP contribution in [0.2, 0.25) is 0 Å². The van der Waals surface area contributed by atoms with E-state index in [0.29, 0.717) is 12.1 Å². The second-order valence-corrected chi connectivity index (χ2v) is 6.52. The lowest BCUT2D eigenvalue weighted by molar-refractivity contribution is -0.118. The molecule has 1 amide bonds. The molecule has 0 aliphatic heterocycles. The van der Waals surface area contributed by atoms with Gasteiger partial charge in [0.1, 0.15) is 5.58 Å². The van der Waals surface area contributed by atoms with Crippen LogP contribution in [-0.4, -0.2) is 18.2 Å². The van der Waals surface area contributed by atoms with Crippen LogP contribution in [0, 0.1) is 13.8 Å². The van der Waals surface area contributed by atoms with Crippen LogP contribution in [0.5, 0.6) is 0 Å². The molecule has 0 atom stereocenters. The average molecular weight is 319 g/mol. The van der Waals surface area contributed by atoms with Crippen molar-refractivity contribution in [3.63, 3.8) is 0 Å². The first-order chi connectivity index (χ1) is 10.5. The molecule has 0 fully saturated rings. The fraction of sp³-hybridized carbons (Fsp3) is 0.412. The molecule has 0 aliphatic carbocycles. The Morgan fingerprint density at radius 1 is 1.23 bits per heavy atom. The van der Waals surface area contributed by atoms with Gasteiger partial charge in [-0.2, -0.15) is 11.8 Å². The van der Waals surface area contributed by atoms with Crippen molar-refractivity contribution >= 4 is 28.6 Å². The summed E-state index contributed by atoms with van der Waals surface area (Å²) in [5.41, 5.74) is 3.68. The Hall–Kier alpha value is -1.75. The number of carbonyl (C=O) groups is 1. The molecule has 0 bridgehead atoms. The summed E-state index contributed by atoms with van der Waals surface area (Å²) >= 11 is 1.76. The minimum Gasteiger partial charge on any atom is -0.423 e. The number of amides is 1. The summed E-state index contributed by atoms with van der Waals surface area (Å²) in [5, 5.41) is 3.79. The predicted octanol–water partition coefficient (Wildman–Crippen LogP) is 3.17. The van der Waals surface area contributed by atoms with Gasteiger partial charge in [-0.3, -0.25) is 4.79 Å². The predicted molar refractivity (Wildman–Crippen MR) is 91.4 cm³/mol. The van der Waals surface area contributed by atoms with Crippen LogP contribution < -0.4 is 10.9 Å². The summed E-state index contributed by atoms with van der Waals surface area (Å²) in [6.07, 6.45) is 0.918. The maximum Gasteiger partial charge on any atom is 0.336 e. The molecule has 2 rings (SSSR count). The molecule has 1 heterocycles. The number of rotatable bonds is 6. The molecular weight excluding hydrogens is 298 g/mol. The monoisotopic (exact) mass is 319 g/mol. The summed E-state index contributed by atoms with van der Waals surface area (Å²) in [6, 6.07) is 5.59. The van der Waals surface area contributed by atoms with Crippen molar-refractivity contribution in [3.8, 4) is 0 Å². The van der Waals surface area contributed by atoms with Crippen LogP contribution in [0.4, 0.5) is 0 Å². The highest BCUT2D eigenvalue weighted by atomic mass is 32.2. The van der Waals surface area contributed by atoms with Crippen molar-refractivity contribution < 1.29 is 9.21 Å². The molecule has 22 heavy (non-hydrogen) atoms. The minimum atomic E-state index is -0.301. The van der Waals surface area contributed by atoms with Gasteiger partial charge in [-0.15, -0.1) is 0 Å². The van der Waals surface area contributed by atoms with Gasteiger partial charge >= 0.3 is 5.63 Å². The van der Waals surface area contributed by atoms with Gasteiger partial charge < -0.3 is 9.73 Å². The molecule has 5 heteroatoms. The smallest absolute Gasteiger partial charge is 0.336 e. The summed E-state index contributed by atoms with van der Waals surface area (Å²) < 4.78 is 5.30. The molecule has 0 spiro atoms. The summed E-state index contributed by atoms with van der Waals surface area (Å²) in [4.78, 5) is 22.5. The van der Waals surface area contributed by atoms with E-state index in [0.717, 1.165) is 34.4 Å². The molecule has 0 saturated carbocycles.